The smallest absolute Gasteiger partial charge is 0.410 e. The van der Waals surface area contributed by atoms with Crippen molar-refractivity contribution in [3.05, 3.63) is 94.5 Å². The van der Waals surface area contributed by atoms with Gasteiger partial charge in [0.1, 0.15) is 12.1 Å². The number of aliphatic hydroxyl groups excluding tert-OH is 1. The lowest BCUT2D eigenvalue weighted by Gasteiger charge is -2.29. The maximum absolute atomic E-state index is 13.2. The minimum absolute atomic E-state index is 0.00489. The Labute approximate surface area is 249 Å². The highest BCUT2D eigenvalue weighted by Gasteiger charge is 2.25. The fourth-order valence-electron chi connectivity index (χ4n) is 3.91. The van der Waals surface area contributed by atoms with E-state index in [1.54, 1.807) is 57.2 Å². The molecule has 224 valence electrons. The second-order valence-corrected chi connectivity index (χ2v) is 12.9. The summed E-state index contributed by atoms with van der Waals surface area (Å²) in [5.41, 5.74) is 0.548. The highest BCUT2D eigenvalue weighted by atomic mass is 35.5. The lowest BCUT2D eigenvalue weighted by atomic mass is 10.1. The molecule has 12 heteroatoms. The SMILES string of the molecule is CC(C)(C)OC(=O)N(CCc1ccc(S(=O)(=O)c2cccc(C(=O)NCC(=O)O)c2)cc1)CC(O)c1cccc(Cl)c1. The molecule has 1 unspecified atom stereocenters. The van der Waals surface area contributed by atoms with Gasteiger partial charge in [-0.15, -0.1) is 0 Å². The first kappa shape index (κ1) is 32.6. The van der Waals surface area contributed by atoms with Crippen LogP contribution in [0.4, 0.5) is 4.79 Å². The van der Waals surface area contributed by atoms with E-state index in [4.69, 9.17) is 21.4 Å². The molecule has 0 saturated heterocycles. The van der Waals surface area contributed by atoms with Gasteiger partial charge in [-0.3, -0.25) is 9.59 Å². The van der Waals surface area contributed by atoms with Crippen LogP contribution in [0, 0.1) is 0 Å². The summed E-state index contributed by atoms with van der Waals surface area (Å²) in [4.78, 5) is 37.1. The Morgan fingerprint density at radius 1 is 0.976 bits per heavy atom. The molecule has 0 aliphatic rings. The summed E-state index contributed by atoms with van der Waals surface area (Å²) in [6, 6.07) is 18.2. The Kier molecular flexibility index (Phi) is 10.7. The Morgan fingerprint density at radius 3 is 2.26 bits per heavy atom. The van der Waals surface area contributed by atoms with E-state index >= 15 is 0 Å². The lowest BCUT2D eigenvalue weighted by molar-refractivity contribution is -0.135. The van der Waals surface area contributed by atoms with Gasteiger partial charge < -0.3 is 25.2 Å². The summed E-state index contributed by atoms with van der Waals surface area (Å²) in [5, 5.41) is 22.2. The van der Waals surface area contributed by atoms with E-state index in [-0.39, 0.29) is 28.4 Å². The average Bonchev–Trinajstić information content (AvgIpc) is 2.93. The zero-order valence-corrected chi connectivity index (χ0v) is 25.0. The van der Waals surface area contributed by atoms with Crippen molar-refractivity contribution in [1.29, 1.82) is 0 Å². The molecule has 0 bridgehead atoms. The molecule has 3 rings (SSSR count). The van der Waals surface area contributed by atoms with E-state index in [1.165, 1.54) is 41.3 Å². The highest BCUT2D eigenvalue weighted by Crippen LogP contribution is 2.24. The van der Waals surface area contributed by atoms with Crippen LogP contribution in [0.3, 0.4) is 0 Å². The van der Waals surface area contributed by atoms with Crippen LogP contribution in [0.5, 0.6) is 0 Å². The quantitative estimate of drug-likeness (QED) is 0.285. The van der Waals surface area contributed by atoms with Crippen molar-refractivity contribution >= 4 is 39.4 Å². The van der Waals surface area contributed by atoms with Crippen molar-refractivity contribution in [1.82, 2.24) is 10.2 Å². The molecular formula is C30H33ClN2O8S. The molecule has 0 saturated carbocycles. The molecule has 0 fully saturated rings. The number of carboxylic acid groups (broad SMARTS) is 1. The number of carbonyl (C=O) groups is 3. The second-order valence-electron chi connectivity index (χ2n) is 10.5. The predicted octanol–water partition coefficient (Wildman–Crippen LogP) is 4.50. The van der Waals surface area contributed by atoms with Crippen LogP contribution in [-0.4, -0.2) is 66.7 Å². The molecule has 42 heavy (non-hydrogen) atoms. The monoisotopic (exact) mass is 616 g/mol. The topological polar surface area (TPSA) is 150 Å². The molecule has 0 spiro atoms. The average molecular weight is 617 g/mol. The molecule has 1 atom stereocenters. The summed E-state index contributed by atoms with van der Waals surface area (Å²) in [6.45, 7) is 4.78. The molecule has 3 aromatic carbocycles. The number of aliphatic carboxylic acids is 1. The second kappa shape index (κ2) is 13.8. The van der Waals surface area contributed by atoms with E-state index in [0.717, 1.165) is 5.56 Å². The minimum Gasteiger partial charge on any atom is -0.480 e. The van der Waals surface area contributed by atoms with Gasteiger partial charge in [0.25, 0.3) is 5.91 Å². The number of ether oxygens (including phenoxy) is 1. The number of sulfone groups is 1. The first-order valence-corrected chi connectivity index (χ1v) is 14.9. The van der Waals surface area contributed by atoms with Gasteiger partial charge in [0.05, 0.1) is 22.4 Å². The normalized spacial score (nSPS) is 12.3. The van der Waals surface area contributed by atoms with Crippen LogP contribution in [0.15, 0.2) is 82.6 Å². The Morgan fingerprint density at radius 2 is 1.64 bits per heavy atom. The number of nitrogens with zero attached hydrogens (tertiary/aromatic N) is 1. The van der Waals surface area contributed by atoms with Crippen molar-refractivity contribution < 1.29 is 37.8 Å². The molecule has 3 N–H and O–H groups in total. The Balaban J connectivity index is 1.74. The summed E-state index contributed by atoms with van der Waals surface area (Å²) in [6.07, 6.45) is -1.26. The van der Waals surface area contributed by atoms with Crippen LogP contribution in [0.25, 0.3) is 0 Å². The number of nitrogens with one attached hydrogen (secondary N) is 1. The number of hydrogen-bond donors (Lipinski definition) is 3. The number of benzene rings is 3. The van der Waals surface area contributed by atoms with E-state index in [1.807, 2.05) is 0 Å². The maximum atomic E-state index is 13.2. The number of aliphatic hydroxyl groups is 1. The highest BCUT2D eigenvalue weighted by molar-refractivity contribution is 7.91. The molecule has 0 aromatic heterocycles. The maximum Gasteiger partial charge on any atom is 0.410 e. The lowest BCUT2D eigenvalue weighted by Crippen LogP contribution is -2.40. The molecule has 10 nitrogen and oxygen atoms in total. The van der Waals surface area contributed by atoms with Crippen molar-refractivity contribution in [2.45, 2.75) is 48.7 Å². The first-order chi connectivity index (χ1) is 19.7. The number of hydrogen-bond acceptors (Lipinski definition) is 7. The number of amides is 2. The molecule has 0 radical (unpaired) electrons. The molecule has 0 heterocycles. The van der Waals surface area contributed by atoms with E-state index in [2.05, 4.69) is 5.32 Å². The molecule has 3 aromatic rings. The van der Waals surface area contributed by atoms with Crippen molar-refractivity contribution in [2.75, 3.05) is 19.6 Å². The molecule has 2 amide bonds. The number of carboxylic acids is 1. The van der Waals surface area contributed by atoms with E-state index < -0.39 is 46.1 Å². The third-order valence-electron chi connectivity index (χ3n) is 5.99. The number of carbonyl (C=O) groups excluding carboxylic acids is 2. The van der Waals surface area contributed by atoms with Crippen LogP contribution in [0.2, 0.25) is 5.02 Å². The van der Waals surface area contributed by atoms with Crippen molar-refractivity contribution in [3.63, 3.8) is 0 Å². The summed E-state index contributed by atoms with van der Waals surface area (Å²) < 4.78 is 32.0. The predicted molar refractivity (Wildman–Crippen MR) is 156 cm³/mol. The van der Waals surface area contributed by atoms with Gasteiger partial charge in [0, 0.05) is 17.1 Å². The van der Waals surface area contributed by atoms with Crippen LogP contribution in [-0.2, 0) is 25.8 Å². The first-order valence-electron chi connectivity index (χ1n) is 13.0. The Hall–Kier alpha value is -3.93. The van der Waals surface area contributed by atoms with Gasteiger partial charge >= 0.3 is 12.1 Å². The van der Waals surface area contributed by atoms with Gasteiger partial charge in [-0.05, 0) is 80.8 Å². The molecule has 0 aliphatic heterocycles. The third kappa shape index (κ3) is 9.30. The summed E-state index contributed by atoms with van der Waals surface area (Å²) in [5.74, 6) is -1.93. The standard InChI is InChI=1S/C30H33ClN2O8S/c1-30(2,3)41-29(38)33(19-26(34)21-6-4-8-23(31)16-21)15-14-20-10-12-24(13-11-20)42(39,40)25-9-5-7-22(17-25)28(37)32-18-27(35)36/h4-13,16-17,26,34H,14-15,18-19H2,1-3H3,(H,32,37)(H,35,36). The summed E-state index contributed by atoms with van der Waals surface area (Å²) in [7, 11) is -3.98. The number of rotatable bonds is 11. The summed E-state index contributed by atoms with van der Waals surface area (Å²) >= 11 is 6.05. The van der Waals surface area contributed by atoms with Gasteiger partial charge in [-0.1, -0.05) is 41.9 Å². The zero-order valence-electron chi connectivity index (χ0n) is 23.4. The minimum atomic E-state index is -3.98. The van der Waals surface area contributed by atoms with Crippen LogP contribution < -0.4 is 5.32 Å². The van der Waals surface area contributed by atoms with Crippen molar-refractivity contribution in [2.24, 2.45) is 0 Å². The molecular weight excluding hydrogens is 584 g/mol. The van der Waals surface area contributed by atoms with Gasteiger partial charge in [0.15, 0.2) is 0 Å². The zero-order chi connectivity index (χ0) is 31.1. The molecule has 0 aliphatic carbocycles. The van der Waals surface area contributed by atoms with Crippen molar-refractivity contribution in [3.8, 4) is 0 Å². The fourth-order valence-corrected chi connectivity index (χ4v) is 5.41. The van der Waals surface area contributed by atoms with E-state index in [9.17, 15) is 27.9 Å². The van der Waals surface area contributed by atoms with Gasteiger partial charge in [-0.25, -0.2) is 13.2 Å². The third-order valence-corrected chi connectivity index (χ3v) is 7.99. The van der Waals surface area contributed by atoms with Gasteiger partial charge in [-0.2, -0.15) is 0 Å². The number of halogens is 1. The fraction of sp³-hybridized carbons (Fsp3) is 0.300. The van der Waals surface area contributed by atoms with E-state index in [0.29, 0.717) is 17.0 Å². The van der Waals surface area contributed by atoms with Crippen LogP contribution >= 0.6 is 11.6 Å². The Bertz CT molecular complexity index is 1540. The largest absolute Gasteiger partial charge is 0.480 e. The van der Waals surface area contributed by atoms with Gasteiger partial charge in [0.2, 0.25) is 9.84 Å². The van der Waals surface area contributed by atoms with Crippen LogP contribution in [0.1, 0.15) is 48.4 Å².